The van der Waals surface area contributed by atoms with Crippen LogP contribution in [0.5, 0.6) is 0 Å². The van der Waals surface area contributed by atoms with Crippen LogP contribution in [-0.2, 0) is 9.05 Å². The molecule has 1 aromatic rings. The van der Waals surface area contributed by atoms with Crippen molar-refractivity contribution in [3.8, 4) is 0 Å². The topological polar surface area (TPSA) is 64.1 Å². The molecule has 0 saturated carbocycles. The zero-order valence-electron chi connectivity index (χ0n) is 6.99. The molecule has 0 bridgehead atoms. The molecule has 0 aliphatic heterocycles. The summed E-state index contributed by atoms with van der Waals surface area (Å²) in [5, 5.41) is -0.295. The number of Topliss-reactive ketones (excluding diaryl/α,β-unsaturated/α-hetero) is 1. The summed E-state index contributed by atoms with van der Waals surface area (Å²) in [4.78, 5) is 14.7. The molecular formula is C7H5ClINO3S. The average Bonchev–Trinajstić information content (AvgIpc) is 2.01. The zero-order chi connectivity index (χ0) is 10.9. The van der Waals surface area contributed by atoms with Crippen LogP contribution in [0.1, 0.15) is 17.3 Å². The molecule has 76 valence electrons. The number of halogens is 2. The largest absolute Gasteiger partial charge is 0.295 e. The second-order valence-electron chi connectivity index (χ2n) is 2.51. The molecule has 0 saturated heterocycles. The first-order chi connectivity index (χ1) is 6.30. The minimum atomic E-state index is -3.88. The molecule has 0 amide bonds. The molecule has 0 spiro atoms. The van der Waals surface area contributed by atoms with Gasteiger partial charge in [0.1, 0.15) is 3.70 Å². The van der Waals surface area contributed by atoms with Crippen LogP contribution >= 0.6 is 33.3 Å². The zero-order valence-corrected chi connectivity index (χ0v) is 10.7. The van der Waals surface area contributed by atoms with Gasteiger partial charge in [0.05, 0.1) is 0 Å². The number of hydrogen-bond donors (Lipinski definition) is 0. The second-order valence-corrected chi connectivity index (χ2v) is 6.13. The summed E-state index contributed by atoms with van der Waals surface area (Å²) < 4.78 is 22.3. The number of carbonyl (C=O) groups is 1. The molecule has 7 heteroatoms. The fourth-order valence-corrected chi connectivity index (χ4v) is 2.27. The molecular weight excluding hydrogens is 341 g/mol. The molecule has 0 aliphatic carbocycles. The van der Waals surface area contributed by atoms with Crippen molar-refractivity contribution in [2.45, 2.75) is 11.9 Å². The summed E-state index contributed by atoms with van der Waals surface area (Å²) >= 11 is 1.82. The number of pyridine rings is 1. The highest BCUT2D eigenvalue weighted by atomic mass is 127. The normalized spacial score (nSPS) is 11.4. The lowest BCUT2D eigenvalue weighted by molar-refractivity contribution is 0.101. The summed E-state index contributed by atoms with van der Waals surface area (Å²) in [6.45, 7) is 1.34. The number of aromatic nitrogens is 1. The molecule has 0 unspecified atom stereocenters. The number of ketones is 1. The van der Waals surface area contributed by atoms with E-state index in [4.69, 9.17) is 10.7 Å². The highest BCUT2D eigenvalue weighted by Gasteiger charge is 2.15. The average molecular weight is 346 g/mol. The van der Waals surface area contributed by atoms with Crippen molar-refractivity contribution in [2.24, 2.45) is 0 Å². The quantitative estimate of drug-likeness (QED) is 0.355. The number of nitrogens with zero attached hydrogens (tertiary/aromatic N) is 1. The van der Waals surface area contributed by atoms with E-state index in [1.54, 1.807) is 0 Å². The van der Waals surface area contributed by atoms with Gasteiger partial charge in [-0.05, 0) is 41.6 Å². The van der Waals surface area contributed by atoms with E-state index >= 15 is 0 Å². The van der Waals surface area contributed by atoms with E-state index < -0.39 is 9.05 Å². The first kappa shape index (κ1) is 11.9. The minimum absolute atomic E-state index is 0.230. The van der Waals surface area contributed by atoms with Gasteiger partial charge in [-0.15, -0.1) is 0 Å². The molecule has 1 aromatic heterocycles. The minimum Gasteiger partial charge on any atom is -0.295 e. The van der Waals surface area contributed by atoms with Crippen LogP contribution in [0.3, 0.4) is 0 Å². The monoisotopic (exact) mass is 345 g/mol. The van der Waals surface area contributed by atoms with Crippen LogP contribution in [0, 0.1) is 3.70 Å². The van der Waals surface area contributed by atoms with E-state index in [0.717, 1.165) is 6.07 Å². The van der Waals surface area contributed by atoms with Crippen LogP contribution in [0.4, 0.5) is 0 Å². The molecule has 0 atom stereocenters. The van der Waals surface area contributed by atoms with E-state index in [2.05, 4.69) is 4.98 Å². The summed E-state index contributed by atoms with van der Waals surface area (Å²) in [5.74, 6) is -0.230. The van der Waals surface area contributed by atoms with Crippen LogP contribution in [0.2, 0.25) is 0 Å². The molecule has 0 aliphatic rings. The highest BCUT2D eigenvalue weighted by molar-refractivity contribution is 14.1. The molecule has 1 heterocycles. The standard InChI is InChI=1S/C7H5ClINO3S/c1-4(11)5-2-6(9)10-7(3-5)14(8,12)13/h2-3H,1H3. The summed E-state index contributed by atoms with van der Waals surface area (Å²) in [6.07, 6.45) is 0. The Morgan fingerprint density at radius 1 is 1.50 bits per heavy atom. The molecule has 0 radical (unpaired) electrons. The van der Waals surface area contributed by atoms with E-state index in [0.29, 0.717) is 3.70 Å². The maximum atomic E-state index is 11.0. The Hall–Kier alpha value is -0.210. The van der Waals surface area contributed by atoms with Crippen molar-refractivity contribution in [2.75, 3.05) is 0 Å². The van der Waals surface area contributed by atoms with Crippen LogP contribution < -0.4 is 0 Å². The lowest BCUT2D eigenvalue weighted by Crippen LogP contribution is -2.01. The van der Waals surface area contributed by atoms with Crippen molar-refractivity contribution in [3.05, 3.63) is 21.4 Å². The van der Waals surface area contributed by atoms with Crippen molar-refractivity contribution < 1.29 is 13.2 Å². The van der Waals surface area contributed by atoms with Crippen molar-refractivity contribution in [1.82, 2.24) is 4.98 Å². The van der Waals surface area contributed by atoms with Gasteiger partial charge >= 0.3 is 0 Å². The van der Waals surface area contributed by atoms with Crippen molar-refractivity contribution in [3.63, 3.8) is 0 Å². The van der Waals surface area contributed by atoms with Gasteiger partial charge in [-0.3, -0.25) is 4.79 Å². The first-order valence-corrected chi connectivity index (χ1v) is 6.82. The van der Waals surface area contributed by atoms with Gasteiger partial charge in [-0.1, -0.05) is 0 Å². The maximum absolute atomic E-state index is 11.0. The Kier molecular flexibility index (Phi) is 3.49. The number of hydrogen-bond acceptors (Lipinski definition) is 4. The van der Waals surface area contributed by atoms with Gasteiger partial charge in [0.15, 0.2) is 10.8 Å². The molecule has 0 aromatic carbocycles. The fraction of sp³-hybridized carbons (Fsp3) is 0.143. The molecule has 0 fully saturated rings. The van der Waals surface area contributed by atoms with Gasteiger partial charge in [-0.2, -0.15) is 0 Å². The molecule has 4 nitrogen and oxygen atoms in total. The predicted octanol–water partition coefficient (Wildman–Crippen LogP) is 1.82. The van der Waals surface area contributed by atoms with Crippen molar-refractivity contribution >= 4 is 48.1 Å². The summed E-state index contributed by atoms with van der Waals surface area (Å²) in [6, 6.07) is 2.65. The van der Waals surface area contributed by atoms with E-state index in [9.17, 15) is 13.2 Å². The predicted molar refractivity (Wildman–Crippen MR) is 60.0 cm³/mol. The van der Waals surface area contributed by atoms with E-state index in [-0.39, 0.29) is 16.4 Å². The Bertz CT molecular complexity index is 486. The van der Waals surface area contributed by atoms with Crippen LogP contribution in [0.25, 0.3) is 0 Å². The van der Waals surface area contributed by atoms with Crippen LogP contribution in [-0.4, -0.2) is 19.2 Å². The Balaban J connectivity index is 3.43. The molecule has 14 heavy (non-hydrogen) atoms. The number of rotatable bonds is 2. The third-order valence-corrected chi connectivity index (χ3v) is 3.16. The lowest BCUT2D eigenvalue weighted by Gasteiger charge is -2.00. The van der Waals surface area contributed by atoms with Crippen molar-refractivity contribution in [1.29, 1.82) is 0 Å². The maximum Gasteiger partial charge on any atom is 0.278 e. The Morgan fingerprint density at radius 2 is 2.07 bits per heavy atom. The first-order valence-electron chi connectivity index (χ1n) is 3.44. The fourth-order valence-electron chi connectivity index (χ4n) is 0.801. The van der Waals surface area contributed by atoms with E-state index in [1.165, 1.54) is 13.0 Å². The van der Waals surface area contributed by atoms with Gasteiger partial charge < -0.3 is 0 Å². The molecule has 0 N–H and O–H groups in total. The van der Waals surface area contributed by atoms with Gasteiger partial charge in [0.25, 0.3) is 9.05 Å². The summed E-state index contributed by atoms with van der Waals surface area (Å²) in [7, 11) is 1.23. The van der Waals surface area contributed by atoms with E-state index in [1.807, 2.05) is 22.6 Å². The lowest BCUT2D eigenvalue weighted by atomic mass is 10.2. The Morgan fingerprint density at radius 3 is 2.50 bits per heavy atom. The third kappa shape index (κ3) is 2.89. The SMILES string of the molecule is CC(=O)c1cc(I)nc(S(=O)(=O)Cl)c1. The van der Waals surface area contributed by atoms with Crippen LogP contribution in [0.15, 0.2) is 17.2 Å². The Labute approximate surface area is 99.2 Å². The third-order valence-electron chi connectivity index (χ3n) is 1.43. The smallest absolute Gasteiger partial charge is 0.278 e. The van der Waals surface area contributed by atoms with Gasteiger partial charge in [0, 0.05) is 16.2 Å². The number of carbonyl (C=O) groups excluding carboxylic acids is 1. The molecule has 1 rings (SSSR count). The highest BCUT2D eigenvalue weighted by Crippen LogP contribution is 2.16. The second kappa shape index (κ2) is 4.11. The summed E-state index contributed by atoms with van der Waals surface area (Å²) in [5.41, 5.74) is 0.281. The van der Waals surface area contributed by atoms with Gasteiger partial charge in [0.2, 0.25) is 0 Å². The van der Waals surface area contributed by atoms with Gasteiger partial charge in [-0.25, -0.2) is 13.4 Å².